The van der Waals surface area contributed by atoms with Crippen LogP contribution in [0.5, 0.6) is 0 Å². The average Bonchev–Trinajstić information content (AvgIpc) is 2.52. The third-order valence-corrected chi connectivity index (χ3v) is 9.44. The van der Waals surface area contributed by atoms with Gasteiger partial charge >= 0.3 is 0 Å². The lowest BCUT2D eigenvalue weighted by molar-refractivity contribution is 0.209. The Bertz CT molecular complexity index is 579. The van der Waals surface area contributed by atoms with Gasteiger partial charge in [-0.15, -0.1) is 0 Å². The maximum Gasteiger partial charge on any atom is 0.191 e. The predicted molar refractivity (Wildman–Crippen MR) is 102 cm³/mol. The van der Waals surface area contributed by atoms with E-state index in [1.807, 2.05) is 0 Å². The Morgan fingerprint density at radius 1 is 1.25 bits per heavy atom. The van der Waals surface area contributed by atoms with E-state index in [0.29, 0.717) is 5.56 Å². The van der Waals surface area contributed by atoms with E-state index < -0.39 is 14.4 Å². The first kappa shape index (κ1) is 20.6. The number of nitrogens with zero attached hydrogens (tertiary/aromatic N) is 1. The summed E-state index contributed by atoms with van der Waals surface area (Å²) in [4.78, 5) is 0. The molecule has 0 saturated carbocycles. The highest BCUT2D eigenvalue weighted by Crippen LogP contribution is 2.36. The molecule has 0 aliphatic carbocycles. The molecule has 0 aromatic heterocycles. The van der Waals surface area contributed by atoms with Crippen LogP contribution in [0.2, 0.25) is 18.1 Å². The van der Waals surface area contributed by atoms with Crippen LogP contribution < -0.4 is 0 Å². The lowest BCUT2D eigenvalue weighted by Crippen LogP contribution is -2.40. The molecule has 0 fully saturated rings. The first-order chi connectivity index (χ1) is 11.1. The molecule has 4 heteroatoms. The Kier molecular flexibility index (Phi) is 7.41. The summed E-state index contributed by atoms with van der Waals surface area (Å²) >= 11 is 0. The van der Waals surface area contributed by atoms with Crippen molar-refractivity contribution in [2.24, 2.45) is 0 Å². The number of aliphatic hydroxyl groups excluding tert-OH is 1. The Labute approximate surface area is 148 Å². The summed E-state index contributed by atoms with van der Waals surface area (Å²) in [5.74, 6) is 0. The van der Waals surface area contributed by atoms with E-state index in [0.717, 1.165) is 37.0 Å². The number of nitriles is 1. The quantitative estimate of drug-likeness (QED) is 0.393. The van der Waals surface area contributed by atoms with Crippen LogP contribution in [-0.4, -0.2) is 20.0 Å². The number of aliphatic hydroxyl groups is 1. The van der Waals surface area contributed by atoms with Gasteiger partial charge in [0.2, 0.25) is 0 Å². The maximum absolute atomic E-state index is 10.3. The molecular weight excluding hydrogens is 314 g/mol. The van der Waals surface area contributed by atoms with Crippen molar-refractivity contribution in [2.45, 2.75) is 64.3 Å². The zero-order valence-corrected chi connectivity index (χ0v) is 16.7. The molecule has 0 bridgehead atoms. The Morgan fingerprint density at radius 3 is 2.33 bits per heavy atom. The zero-order chi connectivity index (χ0) is 18.4. The average molecular weight is 346 g/mol. The van der Waals surface area contributed by atoms with Gasteiger partial charge in [0.05, 0.1) is 17.7 Å². The normalized spacial score (nSPS) is 13.4. The fourth-order valence-electron chi connectivity index (χ4n) is 2.11. The molecule has 1 N–H and O–H groups in total. The smallest absolute Gasteiger partial charge is 0.191 e. The summed E-state index contributed by atoms with van der Waals surface area (Å²) in [6, 6.07) is 9.09. The van der Waals surface area contributed by atoms with Crippen molar-refractivity contribution in [3.63, 3.8) is 0 Å². The van der Waals surface area contributed by atoms with Crippen LogP contribution in [0.25, 0.3) is 0 Å². The summed E-state index contributed by atoms with van der Waals surface area (Å²) < 4.78 is 6.16. The molecule has 1 atom stereocenters. The van der Waals surface area contributed by atoms with Crippen molar-refractivity contribution >= 4 is 8.32 Å². The minimum absolute atomic E-state index is 0.238. The fraction of sp³-hybridized carbons (Fsp3) is 0.550. The zero-order valence-electron chi connectivity index (χ0n) is 15.7. The van der Waals surface area contributed by atoms with Crippen LogP contribution in [0.3, 0.4) is 0 Å². The van der Waals surface area contributed by atoms with Crippen LogP contribution in [-0.2, 0) is 4.43 Å². The van der Waals surface area contributed by atoms with Gasteiger partial charge in [-0.1, -0.05) is 39.5 Å². The number of rotatable bonds is 8. The largest absolute Gasteiger partial charge is 0.417 e. The van der Waals surface area contributed by atoms with Crippen LogP contribution in [0.15, 0.2) is 36.4 Å². The SMILES string of the molecule is C=C(CCCCO[Si](C)(C)C(C)(C)C)C(O)c1ccc(C#N)cc1. The molecule has 0 amide bonds. The van der Waals surface area contributed by atoms with Crippen LogP contribution in [0, 0.1) is 11.3 Å². The molecular formula is C20H31NO2Si. The van der Waals surface area contributed by atoms with Gasteiger partial charge in [0.1, 0.15) is 0 Å². The second-order valence-corrected chi connectivity index (χ2v) is 12.7. The van der Waals surface area contributed by atoms with Gasteiger partial charge in [-0.25, -0.2) is 0 Å². The van der Waals surface area contributed by atoms with Gasteiger partial charge in [-0.05, 0) is 60.7 Å². The topological polar surface area (TPSA) is 53.2 Å². The number of hydrogen-bond donors (Lipinski definition) is 1. The van der Waals surface area contributed by atoms with Gasteiger partial charge in [0.15, 0.2) is 8.32 Å². The van der Waals surface area contributed by atoms with Crippen LogP contribution in [0.4, 0.5) is 0 Å². The number of hydrogen-bond acceptors (Lipinski definition) is 3. The van der Waals surface area contributed by atoms with Gasteiger partial charge in [0.25, 0.3) is 0 Å². The molecule has 1 aromatic rings. The molecule has 3 nitrogen and oxygen atoms in total. The van der Waals surface area contributed by atoms with Crippen molar-refractivity contribution in [1.29, 1.82) is 5.26 Å². The minimum Gasteiger partial charge on any atom is -0.417 e. The second kappa shape index (κ2) is 8.62. The summed E-state index contributed by atoms with van der Waals surface area (Å²) in [6.45, 7) is 16.1. The lowest BCUT2D eigenvalue weighted by Gasteiger charge is -2.36. The molecule has 0 radical (unpaired) electrons. The lowest BCUT2D eigenvalue weighted by atomic mass is 9.98. The summed E-state index contributed by atoms with van der Waals surface area (Å²) in [6.07, 6.45) is 2.05. The van der Waals surface area contributed by atoms with E-state index in [4.69, 9.17) is 9.69 Å². The summed E-state index contributed by atoms with van der Waals surface area (Å²) in [5, 5.41) is 19.4. The van der Waals surface area contributed by atoms with Crippen molar-refractivity contribution in [2.75, 3.05) is 6.61 Å². The highest BCUT2D eigenvalue weighted by molar-refractivity contribution is 6.74. The van der Waals surface area contributed by atoms with Gasteiger partial charge in [0, 0.05) is 6.61 Å². The van der Waals surface area contributed by atoms with Gasteiger partial charge in [-0.2, -0.15) is 5.26 Å². The maximum atomic E-state index is 10.3. The summed E-state index contributed by atoms with van der Waals surface area (Å²) in [7, 11) is -1.66. The van der Waals surface area contributed by atoms with Crippen molar-refractivity contribution in [3.05, 3.63) is 47.5 Å². The fourth-order valence-corrected chi connectivity index (χ4v) is 3.20. The standard InChI is InChI=1S/C20H31NO2Si/c1-16(19(22)18-12-10-17(15-21)11-13-18)9-7-8-14-23-24(5,6)20(2,3)4/h10-13,19,22H,1,7-9,14H2,2-6H3. The van der Waals surface area contributed by atoms with Crippen LogP contribution in [0.1, 0.15) is 57.3 Å². The number of benzene rings is 1. The van der Waals surface area contributed by atoms with E-state index in [9.17, 15) is 5.11 Å². The molecule has 1 aromatic carbocycles. The monoisotopic (exact) mass is 345 g/mol. The van der Waals surface area contributed by atoms with Crippen molar-refractivity contribution in [1.82, 2.24) is 0 Å². The third kappa shape index (κ3) is 5.90. The van der Waals surface area contributed by atoms with E-state index >= 15 is 0 Å². The van der Waals surface area contributed by atoms with E-state index in [1.54, 1.807) is 24.3 Å². The van der Waals surface area contributed by atoms with Crippen molar-refractivity contribution < 1.29 is 9.53 Å². The minimum atomic E-state index is -1.66. The summed E-state index contributed by atoms with van der Waals surface area (Å²) in [5.41, 5.74) is 2.20. The molecule has 1 unspecified atom stereocenters. The molecule has 0 spiro atoms. The third-order valence-electron chi connectivity index (χ3n) is 4.90. The van der Waals surface area contributed by atoms with Crippen molar-refractivity contribution in [3.8, 4) is 6.07 Å². The molecule has 1 rings (SSSR count). The predicted octanol–water partition coefficient (Wildman–Crippen LogP) is 5.34. The molecule has 24 heavy (non-hydrogen) atoms. The first-order valence-corrected chi connectivity index (χ1v) is 11.5. The molecule has 0 aliphatic rings. The Hall–Kier alpha value is -1.41. The molecule has 0 heterocycles. The first-order valence-electron chi connectivity index (χ1n) is 8.58. The van der Waals surface area contributed by atoms with Gasteiger partial charge < -0.3 is 9.53 Å². The van der Waals surface area contributed by atoms with E-state index in [1.165, 1.54) is 0 Å². The highest BCUT2D eigenvalue weighted by atomic mass is 28.4. The number of unbranched alkanes of at least 4 members (excludes halogenated alkanes) is 1. The Balaban J connectivity index is 2.37. The second-order valence-electron chi connectivity index (χ2n) is 7.86. The molecule has 132 valence electrons. The molecule has 0 saturated heterocycles. The van der Waals surface area contributed by atoms with Gasteiger partial charge in [-0.3, -0.25) is 0 Å². The molecule has 0 aliphatic heterocycles. The van der Waals surface area contributed by atoms with E-state index in [2.05, 4.69) is 46.5 Å². The van der Waals surface area contributed by atoms with E-state index in [-0.39, 0.29) is 5.04 Å². The van der Waals surface area contributed by atoms with Crippen LogP contribution >= 0.6 is 0 Å². The Morgan fingerprint density at radius 2 is 1.83 bits per heavy atom. The highest BCUT2D eigenvalue weighted by Gasteiger charge is 2.36.